The summed E-state index contributed by atoms with van der Waals surface area (Å²) in [7, 11) is 1.76. The van der Waals surface area contributed by atoms with E-state index in [-0.39, 0.29) is 24.0 Å². The number of nitrogens with one attached hydrogen (secondary N) is 2. The molecule has 0 saturated carbocycles. The Labute approximate surface area is 157 Å². The van der Waals surface area contributed by atoms with Crippen molar-refractivity contribution < 1.29 is 0 Å². The van der Waals surface area contributed by atoms with Gasteiger partial charge in [-0.05, 0) is 18.6 Å². The van der Waals surface area contributed by atoms with Crippen LogP contribution in [0.25, 0.3) is 0 Å². The van der Waals surface area contributed by atoms with Crippen LogP contribution < -0.4 is 10.6 Å². The number of guanidine groups is 1. The highest BCUT2D eigenvalue weighted by atomic mass is 127. The molecule has 4 nitrogen and oxygen atoms in total. The number of hydrogen-bond donors (Lipinski definition) is 2. The molecule has 0 saturated heterocycles. The van der Waals surface area contributed by atoms with Gasteiger partial charge < -0.3 is 10.6 Å². The molecule has 2 aromatic rings. The monoisotopic (exact) mass is 450 g/mol. The number of halogens is 2. The number of thiazole rings is 1. The Balaban J connectivity index is 0.00000242. The number of aliphatic imine (C=N–C) groups is 1. The van der Waals surface area contributed by atoms with Crippen molar-refractivity contribution in [3.63, 3.8) is 0 Å². The molecule has 0 radical (unpaired) electrons. The Morgan fingerprint density at radius 3 is 2.73 bits per heavy atom. The molecular formula is C15H20ClIN4S. The van der Waals surface area contributed by atoms with E-state index in [1.807, 2.05) is 30.5 Å². The fourth-order valence-electron chi connectivity index (χ4n) is 1.85. The van der Waals surface area contributed by atoms with Crippen molar-refractivity contribution in [3.05, 3.63) is 50.9 Å². The van der Waals surface area contributed by atoms with E-state index in [0.717, 1.165) is 34.5 Å². The molecule has 0 aliphatic carbocycles. The molecule has 0 fully saturated rings. The van der Waals surface area contributed by atoms with Gasteiger partial charge in [0.05, 0.1) is 5.01 Å². The fourth-order valence-corrected chi connectivity index (χ4v) is 2.84. The van der Waals surface area contributed by atoms with E-state index < -0.39 is 0 Å². The minimum atomic E-state index is 0. The fraction of sp³-hybridized carbons (Fsp3) is 0.333. The van der Waals surface area contributed by atoms with Crippen LogP contribution in [0, 0.1) is 6.92 Å². The second-order valence-electron chi connectivity index (χ2n) is 4.56. The summed E-state index contributed by atoms with van der Waals surface area (Å²) in [5.41, 5.74) is 1.05. The SMILES string of the molecule is CN=C(NCCc1ncc(C)s1)NCc1ccccc1Cl.I. The summed E-state index contributed by atoms with van der Waals surface area (Å²) in [4.78, 5) is 9.79. The van der Waals surface area contributed by atoms with E-state index in [9.17, 15) is 0 Å². The highest BCUT2D eigenvalue weighted by molar-refractivity contribution is 14.0. The van der Waals surface area contributed by atoms with Crippen LogP contribution in [0.5, 0.6) is 0 Å². The van der Waals surface area contributed by atoms with Gasteiger partial charge in [0.25, 0.3) is 0 Å². The maximum Gasteiger partial charge on any atom is 0.191 e. The standard InChI is InChI=1S/C15H19ClN4S.HI/c1-11-9-19-14(21-11)7-8-18-15(17-2)20-10-12-5-3-4-6-13(12)16;/h3-6,9H,7-8,10H2,1-2H3,(H2,17,18,20);1H. The van der Waals surface area contributed by atoms with E-state index in [0.29, 0.717) is 6.54 Å². The van der Waals surface area contributed by atoms with Gasteiger partial charge in [-0.15, -0.1) is 35.3 Å². The largest absolute Gasteiger partial charge is 0.356 e. The lowest BCUT2D eigenvalue weighted by molar-refractivity contribution is 0.792. The average Bonchev–Trinajstić information content (AvgIpc) is 2.90. The Hall–Kier alpha value is -0.860. The smallest absolute Gasteiger partial charge is 0.191 e. The zero-order valence-electron chi connectivity index (χ0n) is 12.6. The van der Waals surface area contributed by atoms with Gasteiger partial charge in [0.1, 0.15) is 0 Å². The van der Waals surface area contributed by atoms with Crippen LogP contribution in [0.1, 0.15) is 15.4 Å². The maximum absolute atomic E-state index is 6.13. The second-order valence-corrected chi connectivity index (χ2v) is 6.29. The summed E-state index contributed by atoms with van der Waals surface area (Å²) in [6, 6.07) is 7.79. The van der Waals surface area contributed by atoms with Crippen molar-refractivity contribution in [2.75, 3.05) is 13.6 Å². The van der Waals surface area contributed by atoms with Crippen LogP contribution in [-0.2, 0) is 13.0 Å². The van der Waals surface area contributed by atoms with E-state index >= 15 is 0 Å². The van der Waals surface area contributed by atoms with Crippen LogP contribution >= 0.6 is 46.9 Å². The molecule has 1 aromatic heterocycles. The van der Waals surface area contributed by atoms with E-state index in [2.05, 4.69) is 27.5 Å². The highest BCUT2D eigenvalue weighted by Gasteiger charge is 2.02. The molecule has 0 aliphatic rings. The Kier molecular flexibility index (Phi) is 8.74. The second kappa shape index (κ2) is 10.0. The van der Waals surface area contributed by atoms with Crippen molar-refractivity contribution in [2.24, 2.45) is 4.99 Å². The Bertz CT molecular complexity index is 615. The molecule has 0 atom stereocenters. The van der Waals surface area contributed by atoms with Gasteiger partial charge in [-0.1, -0.05) is 29.8 Å². The molecule has 2 N–H and O–H groups in total. The lowest BCUT2D eigenvalue weighted by Gasteiger charge is -2.12. The predicted octanol–water partition coefficient (Wildman–Crippen LogP) is 3.63. The lowest BCUT2D eigenvalue weighted by atomic mass is 10.2. The number of aryl methyl sites for hydroxylation is 1. The average molecular weight is 451 g/mol. The third kappa shape index (κ3) is 6.10. The quantitative estimate of drug-likeness (QED) is 0.415. The molecule has 0 aliphatic heterocycles. The van der Waals surface area contributed by atoms with Gasteiger partial charge in [-0.25, -0.2) is 4.98 Å². The molecule has 1 aromatic carbocycles. The molecule has 0 spiro atoms. The third-order valence-corrected chi connectivity index (χ3v) is 4.27. The van der Waals surface area contributed by atoms with Crippen LogP contribution in [-0.4, -0.2) is 24.5 Å². The number of nitrogens with zero attached hydrogens (tertiary/aromatic N) is 2. The Morgan fingerprint density at radius 1 is 1.32 bits per heavy atom. The van der Waals surface area contributed by atoms with Crippen LogP contribution in [0.4, 0.5) is 0 Å². The van der Waals surface area contributed by atoms with Gasteiger partial charge in [-0.3, -0.25) is 4.99 Å². The van der Waals surface area contributed by atoms with Crippen molar-refractivity contribution >= 4 is 52.9 Å². The van der Waals surface area contributed by atoms with Crippen molar-refractivity contribution in [1.29, 1.82) is 0 Å². The Morgan fingerprint density at radius 2 is 2.09 bits per heavy atom. The van der Waals surface area contributed by atoms with Crippen LogP contribution in [0.15, 0.2) is 35.5 Å². The maximum atomic E-state index is 6.13. The van der Waals surface area contributed by atoms with Gasteiger partial charge in [0.15, 0.2) is 5.96 Å². The summed E-state index contributed by atoms with van der Waals surface area (Å²) in [5.74, 6) is 0.767. The molecule has 0 unspecified atom stereocenters. The number of rotatable bonds is 5. The summed E-state index contributed by atoms with van der Waals surface area (Å²) >= 11 is 7.86. The van der Waals surface area contributed by atoms with Crippen molar-refractivity contribution in [3.8, 4) is 0 Å². The van der Waals surface area contributed by atoms with E-state index in [1.165, 1.54) is 4.88 Å². The zero-order valence-corrected chi connectivity index (χ0v) is 16.5. The molecule has 22 heavy (non-hydrogen) atoms. The first-order chi connectivity index (χ1) is 10.2. The van der Waals surface area contributed by atoms with Gasteiger partial charge >= 0.3 is 0 Å². The molecule has 0 bridgehead atoms. The summed E-state index contributed by atoms with van der Waals surface area (Å²) in [6.07, 6.45) is 2.80. The first kappa shape index (κ1) is 19.2. The van der Waals surface area contributed by atoms with Gasteiger partial charge in [0.2, 0.25) is 0 Å². The predicted molar refractivity (Wildman–Crippen MR) is 106 cm³/mol. The summed E-state index contributed by atoms with van der Waals surface area (Å²) < 4.78 is 0. The van der Waals surface area contributed by atoms with Crippen LogP contribution in [0.3, 0.4) is 0 Å². The third-order valence-electron chi connectivity index (χ3n) is 2.93. The topological polar surface area (TPSA) is 49.3 Å². The van der Waals surface area contributed by atoms with Gasteiger partial charge in [-0.2, -0.15) is 0 Å². The number of aromatic nitrogens is 1. The molecule has 1 heterocycles. The van der Waals surface area contributed by atoms with Crippen molar-refractivity contribution in [2.45, 2.75) is 19.9 Å². The number of hydrogen-bond acceptors (Lipinski definition) is 3. The van der Waals surface area contributed by atoms with E-state index in [4.69, 9.17) is 11.6 Å². The summed E-state index contributed by atoms with van der Waals surface area (Å²) in [5, 5.41) is 8.44. The first-order valence-corrected chi connectivity index (χ1v) is 7.97. The zero-order chi connectivity index (χ0) is 15.1. The molecule has 7 heteroatoms. The molecule has 2 rings (SSSR count). The van der Waals surface area contributed by atoms with Crippen LogP contribution in [0.2, 0.25) is 5.02 Å². The molecular weight excluding hydrogens is 431 g/mol. The normalized spacial score (nSPS) is 11.0. The highest BCUT2D eigenvalue weighted by Crippen LogP contribution is 2.14. The van der Waals surface area contributed by atoms with Crippen molar-refractivity contribution in [1.82, 2.24) is 15.6 Å². The van der Waals surface area contributed by atoms with Gasteiger partial charge in [0, 0.05) is 42.7 Å². The van der Waals surface area contributed by atoms with E-state index in [1.54, 1.807) is 18.4 Å². The number of benzene rings is 1. The lowest BCUT2D eigenvalue weighted by Crippen LogP contribution is -2.37. The minimum absolute atomic E-state index is 0. The minimum Gasteiger partial charge on any atom is -0.356 e. The molecule has 120 valence electrons. The first-order valence-electron chi connectivity index (χ1n) is 6.78. The molecule has 0 amide bonds. The summed E-state index contributed by atoms with van der Waals surface area (Å²) in [6.45, 7) is 3.52.